The maximum atomic E-state index is 12.3. The van der Waals surface area contributed by atoms with Crippen LogP contribution in [-0.2, 0) is 15.6 Å². The minimum atomic E-state index is -3.28. The van der Waals surface area contributed by atoms with E-state index in [1.807, 2.05) is 58.0 Å². The smallest absolute Gasteiger partial charge is 0.175 e. The lowest BCUT2D eigenvalue weighted by Crippen LogP contribution is -2.02. The third-order valence-electron chi connectivity index (χ3n) is 3.74. The highest BCUT2D eigenvalue weighted by atomic mass is 32.2. The van der Waals surface area contributed by atoms with E-state index in [1.54, 1.807) is 6.08 Å². The molecule has 0 N–H and O–H groups in total. The summed E-state index contributed by atoms with van der Waals surface area (Å²) in [6.45, 7) is 7.97. The summed E-state index contributed by atoms with van der Waals surface area (Å²) in [4.78, 5) is 0. The minimum Gasteiger partial charge on any atom is -0.224 e. The summed E-state index contributed by atoms with van der Waals surface area (Å²) in [5, 5.41) is 1.32. The molecule has 0 saturated heterocycles. The van der Waals surface area contributed by atoms with Crippen LogP contribution in [0.2, 0.25) is 0 Å². The van der Waals surface area contributed by atoms with Crippen LogP contribution in [0, 0.1) is 27.7 Å². The molecule has 0 unspecified atom stereocenters. The quantitative estimate of drug-likeness (QED) is 0.832. The molecule has 0 spiro atoms. The van der Waals surface area contributed by atoms with Gasteiger partial charge in [0.25, 0.3) is 0 Å². The van der Waals surface area contributed by atoms with Crippen molar-refractivity contribution in [3.63, 3.8) is 0 Å². The van der Waals surface area contributed by atoms with Gasteiger partial charge in [-0.1, -0.05) is 47.5 Å². The molecule has 2 nitrogen and oxygen atoms in total. The van der Waals surface area contributed by atoms with Crippen LogP contribution in [0.5, 0.6) is 0 Å². The fraction of sp³-hybridized carbons (Fsp3) is 0.263. The molecule has 0 aliphatic carbocycles. The van der Waals surface area contributed by atoms with Crippen molar-refractivity contribution in [1.82, 2.24) is 0 Å². The summed E-state index contributed by atoms with van der Waals surface area (Å²) in [7, 11) is -3.28. The maximum Gasteiger partial charge on any atom is 0.175 e. The Kier molecular flexibility index (Phi) is 4.87. The summed E-state index contributed by atoms with van der Waals surface area (Å²) in [5.41, 5.74) is 6.21. The molecular weight excluding hydrogens is 292 g/mol. The van der Waals surface area contributed by atoms with Gasteiger partial charge in [0.15, 0.2) is 9.84 Å². The SMILES string of the molecule is Cc1ccc(/C=C/S(=O)(=O)Cc2ccc(C)cc2C)c(C)c1. The Labute approximate surface area is 133 Å². The molecule has 0 aliphatic rings. The number of aryl methyl sites for hydroxylation is 4. The molecule has 0 aromatic heterocycles. The molecule has 22 heavy (non-hydrogen) atoms. The van der Waals surface area contributed by atoms with Crippen LogP contribution in [0.4, 0.5) is 0 Å². The van der Waals surface area contributed by atoms with Gasteiger partial charge in [0.2, 0.25) is 0 Å². The van der Waals surface area contributed by atoms with Crippen molar-refractivity contribution < 1.29 is 8.42 Å². The predicted octanol–water partition coefficient (Wildman–Crippen LogP) is 4.51. The van der Waals surface area contributed by atoms with Crippen LogP contribution in [0.1, 0.15) is 33.4 Å². The highest BCUT2D eigenvalue weighted by Gasteiger charge is 2.10. The molecule has 2 rings (SSSR count). The van der Waals surface area contributed by atoms with Gasteiger partial charge in [-0.25, -0.2) is 8.42 Å². The molecule has 0 atom stereocenters. The molecule has 0 amide bonds. The lowest BCUT2D eigenvalue weighted by atomic mass is 10.1. The van der Waals surface area contributed by atoms with Crippen molar-refractivity contribution in [1.29, 1.82) is 0 Å². The van der Waals surface area contributed by atoms with Crippen molar-refractivity contribution >= 4 is 15.9 Å². The Balaban J connectivity index is 2.22. The van der Waals surface area contributed by atoms with Crippen LogP contribution < -0.4 is 0 Å². The number of hydrogen-bond acceptors (Lipinski definition) is 2. The highest BCUT2D eigenvalue weighted by Crippen LogP contribution is 2.17. The van der Waals surface area contributed by atoms with Crippen molar-refractivity contribution in [2.45, 2.75) is 33.4 Å². The second-order valence-electron chi connectivity index (χ2n) is 5.90. The van der Waals surface area contributed by atoms with E-state index < -0.39 is 9.84 Å². The summed E-state index contributed by atoms with van der Waals surface area (Å²) in [5.74, 6) is 0.0422. The van der Waals surface area contributed by atoms with Gasteiger partial charge in [0.05, 0.1) is 5.75 Å². The average molecular weight is 314 g/mol. The zero-order chi connectivity index (χ0) is 16.3. The van der Waals surface area contributed by atoms with E-state index in [0.29, 0.717) is 0 Å². The molecule has 3 heteroatoms. The lowest BCUT2D eigenvalue weighted by molar-refractivity contribution is 0.604. The minimum absolute atomic E-state index is 0.0422. The van der Waals surface area contributed by atoms with Crippen molar-refractivity contribution in [2.75, 3.05) is 0 Å². The van der Waals surface area contributed by atoms with Crippen molar-refractivity contribution in [3.05, 3.63) is 75.2 Å². The number of sulfone groups is 1. The second-order valence-corrected chi connectivity index (χ2v) is 7.79. The molecular formula is C19H22O2S. The third-order valence-corrected chi connectivity index (χ3v) is 5.00. The van der Waals surface area contributed by atoms with Crippen molar-refractivity contribution in [3.8, 4) is 0 Å². The Morgan fingerprint density at radius 1 is 0.864 bits per heavy atom. The van der Waals surface area contributed by atoms with Gasteiger partial charge in [0.1, 0.15) is 0 Å². The van der Waals surface area contributed by atoms with Crippen LogP contribution >= 0.6 is 0 Å². The molecule has 2 aromatic carbocycles. The molecule has 0 bridgehead atoms. The van der Waals surface area contributed by atoms with Gasteiger partial charge < -0.3 is 0 Å². The monoisotopic (exact) mass is 314 g/mol. The normalized spacial score (nSPS) is 12.0. The first-order valence-electron chi connectivity index (χ1n) is 7.31. The summed E-state index contributed by atoms with van der Waals surface area (Å²) >= 11 is 0. The van der Waals surface area contributed by atoms with E-state index in [4.69, 9.17) is 0 Å². The zero-order valence-corrected chi connectivity index (χ0v) is 14.4. The van der Waals surface area contributed by atoms with E-state index in [2.05, 4.69) is 6.07 Å². The summed E-state index contributed by atoms with van der Waals surface area (Å²) in [6.07, 6.45) is 1.69. The van der Waals surface area contributed by atoms with Crippen LogP contribution in [0.3, 0.4) is 0 Å². The topological polar surface area (TPSA) is 34.1 Å². The van der Waals surface area contributed by atoms with E-state index in [-0.39, 0.29) is 5.75 Å². The first kappa shape index (κ1) is 16.5. The molecule has 0 aliphatic heterocycles. The molecule has 0 saturated carbocycles. The van der Waals surface area contributed by atoms with Crippen LogP contribution in [-0.4, -0.2) is 8.42 Å². The van der Waals surface area contributed by atoms with Crippen LogP contribution in [0.15, 0.2) is 41.8 Å². The predicted molar refractivity (Wildman–Crippen MR) is 93.5 cm³/mol. The number of hydrogen-bond donors (Lipinski definition) is 0. The highest BCUT2D eigenvalue weighted by molar-refractivity contribution is 7.93. The maximum absolute atomic E-state index is 12.3. The summed E-state index contributed by atoms with van der Waals surface area (Å²) in [6, 6.07) is 11.9. The lowest BCUT2D eigenvalue weighted by Gasteiger charge is -2.06. The molecule has 116 valence electrons. The zero-order valence-electron chi connectivity index (χ0n) is 13.6. The van der Waals surface area contributed by atoms with E-state index in [9.17, 15) is 8.42 Å². The molecule has 0 fully saturated rings. The largest absolute Gasteiger partial charge is 0.224 e. The summed E-state index contributed by atoms with van der Waals surface area (Å²) < 4.78 is 24.6. The fourth-order valence-corrected chi connectivity index (χ4v) is 3.67. The van der Waals surface area contributed by atoms with E-state index in [1.165, 1.54) is 11.0 Å². The Morgan fingerprint density at radius 3 is 2.05 bits per heavy atom. The third kappa shape index (κ3) is 4.31. The Bertz CT molecular complexity index is 815. The number of rotatable bonds is 4. The van der Waals surface area contributed by atoms with Gasteiger partial charge in [-0.2, -0.15) is 0 Å². The van der Waals surface area contributed by atoms with Gasteiger partial charge in [-0.3, -0.25) is 0 Å². The number of benzene rings is 2. The second kappa shape index (κ2) is 6.49. The van der Waals surface area contributed by atoms with E-state index >= 15 is 0 Å². The van der Waals surface area contributed by atoms with Gasteiger partial charge in [-0.15, -0.1) is 0 Å². The molecule has 0 radical (unpaired) electrons. The van der Waals surface area contributed by atoms with Crippen LogP contribution in [0.25, 0.3) is 6.08 Å². The standard InChI is InChI=1S/C19H22O2S/c1-14-5-7-18(16(3)11-14)9-10-22(20,21)13-19-8-6-15(2)12-17(19)4/h5-12H,13H2,1-4H3/b10-9+. The fourth-order valence-electron chi connectivity index (χ4n) is 2.46. The van der Waals surface area contributed by atoms with Gasteiger partial charge in [-0.05, 0) is 56.0 Å². The first-order valence-corrected chi connectivity index (χ1v) is 9.02. The Hall–Kier alpha value is -1.87. The molecule has 2 aromatic rings. The average Bonchev–Trinajstić information content (AvgIpc) is 2.41. The van der Waals surface area contributed by atoms with Gasteiger partial charge >= 0.3 is 0 Å². The Morgan fingerprint density at radius 2 is 1.45 bits per heavy atom. The van der Waals surface area contributed by atoms with Crippen molar-refractivity contribution in [2.24, 2.45) is 0 Å². The van der Waals surface area contributed by atoms with E-state index in [0.717, 1.165) is 27.8 Å². The molecule has 0 heterocycles. The first-order chi connectivity index (χ1) is 10.3. The van der Waals surface area contributed by atoms with Gasteiger partial charge in [0, 0.05) is 5.41 Å².